The van der Waals surface area contributed by atoms with E-state index in [4.69, 9.17) is 0 Å². The van der Waals surface area contributed by atoms with Crippen LogP contribution in [0, 0.1) is 0 Å². The third-order valence-electron chi connectivity index (χ3n) is 3.31. The summed E-state index contributed by atoms with van der Waals surface area (Å²) < 4.78 is 0.884. The van der Waals surface area contributed by atoms with Gasteiger partial charge in [-0.1, -0.05) is 28.1 Å². The van der Waals surface area contributed by atoms with Crippen LogP contribution < -0.4 is 10.6 Å². The first-order valence-corrected chi connectivity index (χ1v) is 8.35. The van der Waals surface area contributed by atoms with Gasteiger partial charge in [0.05, 0.1) is 0 Å². The minimum Gasteiger partial charge on any atom is -0.351 e. The summed E-state index contributed by atoms with van der Waals surface area (Å²) in [6.45, 7) is 1.31. The van der Waals surface area contributed by atoms with Crippen molar-refractivity contribution in [1.29, 1.82) is 0 Å². The first-order chi connectivity index (χ1) is 11.5. The van der Waals surface area contributed by atoms with Gasteiger partial charge in [-0.3, -0.25) is 9.59 Å². The Morgan fingerprint density at radius 1 is 1.00 bits per heavy atom. The smallest absolute Gasteiger partial charge is 0.255 e. The van der Waals surface area contributed by atoms with E-state index in [0.29, 0.717) is 23.4 Å². The third kappa shape index (κ3) is 5.47. The molecule has 0 aliphatic carbocycles. The van der Waals surface area contributed by atoms with Gasteiger partial charge in [0.2, 0.25) is 0 Å². The molecule has 0 bridgehead atoms. The number of hydrogen-bond donors (Lipinski definition) is 2. The summed E-state index contributed by atoms with van der Waals surface area (Å²) in [6.07, 6.45) is 0. The average Bonchev–Trinajstić information content (AvgIpc) is 2.54. The maximum absolute atomic E-state index is 12.3. The lowest BCUT2D eigenvalue weighted by molar-refractivity contribution is 0.0951. The largest absolute Gasteiger partial charge is 0.351 e. The van der Waals surface area contributed by atoms with E-state index in [1.54, 1.807) is 30.3 Å². The quantitative estimate of drug-likeness (QED) is 0.797. The lowest BCUT2D eigenvalue weighted by Gasteiger charge is -2.11. The summed E-state index contributed by atoms with van der Waals surface area (Å²) in [5.41, 5.74) is 1.60. The molecule has 0 spiro atoms. The molecule has 2 aromatic carbocycles. The number of anilines is 1. The third-order valence-corrected chi connectivity index (χ3v) is 3.81. The number of nitrogens with one attached hydrogen (secondary N) is 2. The van der Waals surface area contributed by atoms with Gasteiger partial charge in [-0.05, 0) is 50.5 Å². The highest BCUT2D eigenvalue weighted by Gasteiger charge is 2.11. The van der Waals surface area contributed by atoms with Crippen LogP contribution in [0.4, 0.5) is 5.69 Å². The summed E-state index contributed by atoms with van der Waals surface area (Å²) in [6, 6.07) is 14.0. The maximum atomic E-state index is 12.3. The second kappa shape index (κ2) is 8.61. The molecule has 0 fully saturated rings. The molecule has 5 nitrogen and oxygen atoms in total. The van der Waals surface area contributed by atoms with Crippen molar-refractivity contribution < 1.29 is 9.59 Å². The molecule has 0 aromatic heterocycles. The molecule has 2 aromatic rings. The molecular formula is C18H20BrN3O2. The van der Waals surface area contributed by atoms with Crippen LogP contribution in [0.1, 0.15) is 20.7 Å². The zero-order valence-electron chi connectivity index (χ0n) is 13.7. The van der Waals surface area contributed by atoms with Crippen molar-refractivity contribution in [2.45, 2.75) is 0 Å². The van der Waals surface area contributed by atoms with Gasteiger partial charge in [0.1, 0.15) is 0 Å². The van der Waals surface area contributed by atoms with E-state index >= 15 is 0 Å². The number of likely N-dealkylation sites (N-methyl/N-ethyl adjacent to an activating group) is 1. The van der Waals surface area contributed by atoms with Crippen molar-refractivity contribution in [3.63, 3.8) is 0 Å². The summed E-state index contributed by atoms with van der Waals surface area (Å²) in [5, 5.41) is 5.65. The molecule has 0 aliphatic rings. The number of nitrogens with zero attached hydrogens (tertiary/aromatic N) is 1. The fourth-order valence-corrected chi connectivity index (χ4v) is 2.47. The van der Waals surface area contributed by atoms with Crippen molar-refractivity contribution in [2.24, 2.45) is 0 Å². The van der Waals surface area contributed by atoms with Gasteiger partial charge in [0, 0.05) is 34.4 Å². The van der Waals surface area contributed by atoms with Crippen LogP contribution in [0.15, 0.2) is 53.0 Å². The monoisotopic (exact) mass is 389 g/mol. The van der Waals surface area contributed by atoms with E-state index in [1.165, 1.54) is 0 Å². The fraction of sp³-hybridized carbons (Fsp3) is 0.222. The number of carbonyl (C=O) groups excluding carboxylic acids is 2. The molecule has 2 N–H and O–H groups in total. The van der Waals surface area contributed by atoms with Crippen LogP contribution in [0.3, 0.4) is 0 Å². The molecule has 6 heteroatoms. The van der Waals surface area contributed by atoms with Crippen LogP contribution in [0.2, 0.25) is 0 Å². The van der Waals surface area contributed by atoms with Gasteiger partial charge in [-0.15, -0.1) is 0 Å². The Morgan fingerprint density at radius 3 is 2.33 bits per heavy atom. The van der Waals surface area contributed by atoms with E-state index in [9.17, 15) is 9.59 Å². The van der Waals surface area contributed by atoms with Crippen LogP contribution in [-0.4, -0.2) is 43.9 Å². The van der Waals surface area contributed by atoms with Gasteiger partial charge < -0.3 is 15.5 Å². The highest BCUT2D eigenvalue weighted by Crippen LogP contribution is 2.17. The number of amides is 2. The maximum Gasteiger partial charge on any atom is 0.255 e. The average molecular weight is 390 g/mol. The SMILES string of the molecule is CN(C)CCNC(=O)c1cccc(C(=O)Nc2cccc(Br)c2)c1. The topological polar surface area (TPSA) is 61.4 Å². The molecule has 0 saturated carbocycles. The number of hydrogen-bond acceptors (Lipinski definition) is 3. The van der Waals surface area contributed by atoms with E-state index in [2.05, 4.69) is 26.6 Å². The number of carbonyl (C=O) groups is 2. The van der Waals surface area contributed by atoms with E-state index in [-0.39, 0.29) is 11.8 Å². The minimum atomic E-state index is -0.254. The van der Waals surface area contributed by atoms with Crippen LogP contribution >= 0.6 is 15.9 Å². The molecule has 2 amide bonds. The van der Waals surface area contributed by atoms with Crippen molar-refractivity contribution in [2.75, 3.05) is 32.5 Å². The molecule has 0 atom stereocenters. The van der Waals surface area contributed by atoms with Crippen molar-refractivity contribution in [1.82, 2.24) is 10.2 Å². The molecule has 2 rings (SSSR count). The first-order valence-electron chi connectivity index (χ1n) is 7.55. The van der Waals surface area contributed by atoms with E-state index in [1.807, 2.05) is 37.2 Å². The predicted molar refractivity (Wildman–Crippen MR) is 99.4 cm³/mol. The lowest BCUT2D eigenvalue weighted by Crippen LogP contribution is -2.31. The molecule has 0 saturated heterocycles. The molecule has 0 radical (unpaired) electrons. The fourth-order valence-electron chi connectivity index (χ4n) is 2.07. The minimum absolute atomic E-state index is 0.186. The summed E-state index contributed by atoms with van der Waals surface area (Å²) in [5.74, 6) is -0.440. The molecule has 0 aliphatic heterocycles. The molecule has 126 valence electrons. The molecule has 0 heterocycles. The Morgan fingerprint density at radius 2 is 1.67 bits per heavy atom. The van der Waals surface area contributed by atoms with Crippen molar-refractivity contribution in [3.05, 3.63) is 64.1 Å². The zero-order chi connectivity index (χ0) is 17.5. The van der Waals surface area contributed by atoms with Gasteiger partial charge in [0.25, 0.3) is 11.8 Å². The van der Waals surface area contributed by atoms with Crippen molar-refractivity contribution >= 4 is 33.4 Å². The van der Waals surface area contributed by atoms with E-state index < -0.39 is 0 Å². The Bertz CT molecular complexity index is 732. The standard InChI is InChI=1S/C18H20BrN3O2/c1-22(2)10-9-20-17(23)13-5-3-6-14(11-13)18(24)21-16-8-4-7-15(19)12-16/h3-8,11-12H,9-10H2,1-2H3,(H,20,23)(H,21,24). The Hall–Kier alpha value is -2.18. The number of benzene rings is 2. The van der Waals surface area contributed by atoms with Gasteiger partial charge >= 0.3 is 0 Å². The van der Waals surface area contributed by atoms with Gasteiger partial charge in [-0.2, -0.15) is 0 Å². The van der Waals surface area contributed by atoms with Gasteiger partial charge in [0.15, 0.2) is 0 Å². The predicted octanol–water partition coefficient (Wildman–Crippen LogP) is 2.99. The van der Waals surface area contributed by atoms with Crippen LogP contribution in [-0.2, 0) is 0 Å². The normalized spacial score (nSPS) is 10.5. The van der Waals surface area contributed by atoms with E-state index in [0.717, 1.165) is 11.0 Å². The number of halogens is 1. The van der Waals surface area contributed by atoms with Crippen molar-refractivity contribution in [3.8, 4) is 0 Å². The molecule has 24 heavy (non-hydrogen) atoms. The Balaban J connectivity index is 2.03. The Kier molecular flexibility index (Phi) is 6.52. The lowest BCUT2D eigenvalue weighted by atomic mass is 10.1. The van der Waals surface area contributed by atoms with Crippen LogP contribution in [0.25, 0.3) is 0 Å². The highest BCUT2D eigenvalue weighted by atomic mass is 79.9. The van der Waals surface area contributed by atoms with Gasteiger partial charge in [-0.25, -0.2) is 0 Å². The first kappa shape index (κ1) is 18.2. The second-order valence-corrected chi connectivity index (χ2v) is 6.52. The summed E-state index contributed by atoms with van der Waals surface area (Å²) in [7, 11) is 3.89. The highest BCUT2D eigenvalue weighted by molar-refractivity contribution is 9.10. The second-order valence-electron chi connectivity index (χ2n) is 5.60. The Labute approximate surface area is 150 Å². The zero-order valence-corrected chi connectivity index (χ0v) is 15.3. The molecular weight excluding hydrogens is 370 g/mol. The van der Waals surface area contributed by atoms with Crippen LogP contribution in [0.5, 0.6) is 0 Å². The summed E-state index contributed by atoms with van der Waals surface area (Å²) >= 11 is 3.37. The summed E-state index contributed by atoms with van der Waals surface area (Å²) in [4.78, 5) is 26.5. The number of rotatable bonds is 6. The molecule has 0 unspecified atom stereocenters.